The second-order valence-corrected chi connectivity index (χ2v) is 5.90. The number of methoxy groups -OCH3 is 2. The van der Waals surface area contributed by atoms with E-state index in [-0.39, 0.29) is 10.9 Å². The van der Waals surface area contributed by atoms with Crippen molar-refractivity contribution in [2.45, 2.75) is 0 Å². The van der Waals surface area contributed by atoms with E-state index in [1.165, 1.54) is 31.4 Å². The lowest BCUT2D eigenvalue weighted by molar-refractivity contribution is -0.115. The Kier molecular flexibility index (Phi) is 6.82. The lowest BCUT2D eigenvalue weighted by Gasteiger charge is -2.10. The number of carbonyl (C=O) groups is 1. The van der Waals surface area contributed by atoms with E-state index in [0.717, 1.165) is 5.56 Å². The number of phenolic OH excluding ortho intramolecular Hbond substituents is 1. The van der Waals surface area contributed by atoms with Crippen LogP contribution in [0.1, 0.15) is 5.56 Å². The van der Waals surface area contributed by atoms with E-state index in [1.54, 1.807) is 31.4 Å². The first-order valence-electron chi connectivity index (χ1n) is 7.43. The fourth-order valence-corrected chi connectivity index (χ4v) is 2.43. The number of hydrogen-bond donors (Lipinski definition) is 3. The lowest BCUT2D eigenvalue weighted by Crippen LogP contribution is -2.32. The van der Waals surface area contributed by atoms with Crippen molar-refractivity contribution in [3.63, 3.8) is 0 Å². The molecule has 0 aliphatic rings. The Hall–Kier alpha value is -2.77. The zero-order valence-corrected chi connectivity index (χ0v) is 15.6. The molecule has 0 aromatic heterocycles. The van der Waals surface area contributed by atoms with Crippen LogP contribution >= 0.6 is 23.8 Å². The van der Waals surface area contributed by atoms with Gasteiger partial charge in [-0.1, -0.05) is 17.7 Å². The van der Waals surface area contributed by atoms with Crippen molar-refractivity contribution in [3.05, 3.63) is 53.1 Å². The number of hydrogen-bond acceptors (Lipinski definition) is 5. The summed E-state index contributed by atoms with van der Waals surface area (Å²) in [5, 5.41) is 15.4. The number of carbonyl (C=O) groups excluding carboxylic acids is 1. The van der Waals surface area contributed by atoms with Crippen molar-refractivity contribution >= 4 is 46.6 Å². The van der Waals surface area contributed by atoms with Gasteiger partial charge in [0.2, 0.25) is 5.91 Å². The van der Waals surface area contributed by atoms with Gasteiger partial charge >= 0.3 is 0 Å². The van der Waals surface area contributed by atoms with E-state index in [2.05, 4.69) is 10.6 Å². The summed E-state index contributed by atoms with van der Waals surface area (Å²) >= 11 is 10.9. The zero-order chi connectivity index (χ0) is 19.1. The number of nitrogens with one attached hydrogen (secondary N) is 2. The van der Waals surface area contributed by atoms with Crippen LogP contribution in [0.5, 0.6) is 17.2 Å². The molecular weight excluding hydrogens is 376 g/mol. The minimum atomic E-state index is -0.432. The number of amides is 1. The molecule has 1 amide bonds. The summed E-state index contributed by atoms with van der Waals surface area (Å²) in [5.74, 6) is 0.690. The van der Waals surface area contributed by atoms with Crippen LogP contribution in [0, 0.1) is 0 Å². The van der Waals surface area contributed by atoms with Gasteiger partial charge in [-0.2, -0.15) is 0 Å². The first-order valence-corrected chi connectivity index (χ1v) is 8.22. The maximum absolute atomic E-state index is 12.0. The topological polar surface area (TPSA) is 79.8 Å². The Labute approximate surface area is 161 Å². The van der Waals surface area contributed by atoms with E-state index in [9.17, 15) is 9.90 Å². The molecule has 0 atom stereocenters. The summed E-state index contributed by atoms with van der Waals surface area (Å²) in [4.78, 5) is 12.0. The third-order valence-corrected chi connectivity index (χ3v) is 3.72. The summed E-state index contributed by atoms with van der Waals surface area (Å²) in [6, 6.07) is 9.72. The van der Waals surface area contributed by atoms with E-state index >= 15 is 0 Å². The highest BCUT2D eigenvalue weighted by Gasteiger charge is 2.07. The third-order valence-electron chi connectivity index (χ3n) is 3.28. The van der Waals surface area contributed by atoms with Gasteiger partial charge in [0.1, 0.15) is 5.75 Å². The predicted octanol–water partition coefficient (Wildman–Crippen LogP) is 3.59. The van der Waals surface area contributed by atoms with Crippen molar-refractivity contribution < 1.29 is 19.4 Å². The average Bonchev–Trinajstić information content (AvgIpc) is 2.62. The molecule has 136 valence electrons. The van der Waals surface area contributed by atoms with Gasteiger partial charge in [0.25, 0.3) is 0 Å². The molecule has 2 aromatic carbocycles. The molecule has 0 saturated heterocycles. The van der Waals surface area contributed by atoms with Gasteiger partial charge in [-0.25, -0.2) is 0 Å². The average molecular weight is 393 g/mol. The second kappa shape index (κ2) is 9.07. The highest BCUT2D eigenvalue weighted by Crippen LogP contribution is 2.28. The Balaban J connectivity index is 1.98. The second-order valence-electron chi connectivity index (χ2n) is 5.05. The molecule has 0 aliphatic heterocycles. The third kappa shape index (κ3) is 5.37. The zero-order valence-electron chi connectivity index (χ0n) is 14.1. The predicted molar refractivity (Wildman–Crippen MR) is 106 cm³/mol. The molecule has 0 bridgehead atoms. The maximum Gasteiger partial charge on any atom is 0.250 e. The molecule has 0 fully saturated rings. The summed E-state index contributed by atoms with van der Waals surface area (Å²) < 4.78 is 10.4. The van der Waals surface area contributed by atoms with Gasteiger partial charge in [-0.15, -0.1) is 0 Å². The van der Waals surface area contributed by atoms with Crippen molar-refractivity contribution in [1.29, 1.82) is 0 Å². The number of ether oxygens (including phenoxy) is 2. The molecule has 6 nitrogen and oxygen atoms in total. The van der Waals surface area contributed by atoms with E-state index in [1.807, 2.05) is 0 Å². The first kappa shape index (κ1) is 19.6. The van der Waals surface area contributed by atoms with Crippen LogP contribution in [0.25, 0.3) is 6.08 Å². The summed E-state index contributed by atoms with van der Waals surface area (Å²) in [6.45, 7) is 0. The van der Waals surface area contributed by atoms with Crippen molar-refractivity contribution in [3.8, 4) is 17.2 Å². The van der Waals surface area contributed by atoms with Crippen LogP contribution in [0.2, 0.25) is 5.02 Å². The molecule has 8 heteroatoms. The summed E-state index contributed by atoms with van der Waals surface area (Å²) in [7, 11) is 3.08. The number of rotatable bonds is 5. The molecule has 0 saturated carbocycles. The van der Waals surface area contributed by atoms with Crippen LogP contribution < -0.4 is 20.1 Å². The SMILES string of the molecule is COc1ccc(/C=C/C(=O)NC(=S)Nc2cc(Cl)ccc2O)cc1OC. The summed E-state index contributed by atoms with van der Waals surface area (Å²) in [6.07, 6.45) is 2.93. The quantitative estimate of drug-likeness (QED) is 0.410. The molecule has 2 aromatic rings. The van der Waals surface area contributed by atoms with Gasteiger partial charge < -0.3 is 19.9 Å². The van der Waals surface area contributed by atoms with Gasteiger partial charge in [-0.05, 0) is 54.2 Å². The van der Waals surface area contributed by atoms with E-state index in [0.29, 0.717) is 22.2 Å². The van der Waals surface area contributed by atoms with Crippen molar-refractivity contribution in [1.82, 2.24) is 5.32 Å². The minimum absolute atomic E-state index is 0.0320. The summed E-state index contributed by atoms with van der Waals surface area (Å²) in [5.41, 5.74) is 1.05. The monoisotopic (exact) mass is 392 g/mol. The number of anilines is 1. The van der Waals surface area contributed by atoms with E-state index in [4.69, 9.17) is 33.3 Å². The maximum atomic E-state index is 12.0. The highest BCUT2D eigenvalue weighted by atomic mass is 35.5. The molecule has 0 heterocycles. The number of benzene rings is 2. The van der Waals surface area contributed by atoms with Gasteiger partial charge in [0.05, 0.1) is 19.9 Å². The Morgan fingerprint density at radius 2 is 1.88 bits per heavy atom. The van der Waals surface area contributed by atoms with Gasteiger partial charge in [-0.3, -0.25) is 10.1 Å². The van der Waals surface area contributed by atoms with Crippen LogP contribution in [0.15, 0.2) is 42.5 Å². The van der Waals surface area contributed by atoms with Gasteiger partial charge in [0, 0.05) is 11.1 Å². The molecule has 2 rings (SSSR count). The standard InChI is InChI=1S/C18H17ClN2O4S/c1-24-15-7-3-11(9-16(15)25-2)4-8-17(23)21-18(26)20-13-10-12(19)5-6-14(13)22/h3-10,22H,1-2H3,(H2,20,21,23,26)/b8-4+. The first-order chi connectivity index (χ1) is 12.4. The van der Waals surface area contributed by atoms with Crippen molar-refractivity contribution in [2.75, 3.05) is 19.5 Å². The lowest BCUT2D eigenvalue weighted by atomic mass is 10.2. The highest BCUT2D eigenvalue weighted by molar-refractivity contribution is 7.80. The molecule has 0 aliphatic carbocycles. The van der Waals surface area contributed by atoms with Crippen LogP contribution in [0.4, 0.5) is 5.69 Å². The van der Waals surface area contributed by atoms with Crippen LogP contribution in [-0.2, 0) is 4.79 Å². The molecular formula is C18H17ClN2O4S. The molecule has 3 N–H and O–H groups in total. The Bertz CT molecular complexity index is 855. The fraction of sp³-hybridized carbons (Fsp3) is 0.111. The smallest absolute Gasteiger partial charge is 0.250 e. The van der Waals surface area contributed by atoms with Crippen LogP contribution in [0.3, 0.4) is 0 Å². The number of halogens is 1. The minimum Gasteiger partial charge on any atom is -0.506 e. The number of phenols is 1. The number of aromatic hydroxyl groups is 1. The van der Waals surface area contributed by atoms with E-state index < -0.39 is 5.91 Å². The molecule has 26 heavy (non-hydrogen) atoms. The number of thiocarbonyl (C=S) groups is 1. The largest absolute Gasteiger partial charge is 0.506 e. The Morgan fingerprint density at radius 1 is 1.15 bits per heavy atom. The Morgan fingerprint density at radius 3 is 2.58 bits per heavy atom. The molecule has 0 spiro atoms. The fourth-order valence-electron chi connectivity index (χ4n) is 2.04. The van der Waals surface area contributed by atoms with Crippen molar-refractivity contribution in [2.24, 2.45) is 0 Å². The molecule has 0 radical (unpaired) electrons. The normalized spacial score (nSPS) is 10.4. The molecule has 0 unspecified atom stereocenters. The van der Waals surface area contributed by atoms with Gasteiger partial charge in [0.15, 0.2) is 16.6 Å². The van der Waals surface area contributed by atoms with Crippen LogP contribution in [-0.4, -0.2) is 30.3 Å².